The van der Waals surface area contributed by atoms with Gasteiger partial charge in [-0.05, 0) is 55.7 Å². The largest absolute Gasteiger partial charge is 0.345 e. The topological polar surface area (TPSA) is 3.24 Å². The SMILES string of the molecule is C=C1N(c2ccc(C3CC3)cc2)CCC1(CCC)CCC. The van der Waals surface area contributed by atoms with Crippen molar-refractivity contribution in [2.45, 2.75) is 64.7 Å². The second-order valence-corrected chi connectivity index (χ2v) is 6.99. The molecule has 0 atom stereocenters. The number of benzene rings is 1. The van der Waals surface area contributed by atoms with Crippen molar-refractivity contribution >= 4 is 5.69 Å². The third-order valence-electron chi connectivity index (χ3n) is 5.46. The zero-order valence-corrected chi connectivity index (χ0v) is 13.7. The Morgan fingerprint density at radius 3 is 2.24 bits per heavy atom. The summed E-state index contributed by atoms with van der Waals surface area (Å²) in [5.41, 5.74) is 4.60. The van der Waals surface area contributed by atoms with E-state index in [2.05, 4.69) is 49.6 Å². The fraction of sp³-hybridized carbons (Fsp3) is 0.600. The number of allylic oxidation sites excluding steroid dienone is 1. The van der Waals surface area contributed by atoms with Gasteiger partial charge in [-0.25, -0.2) is 0 Å². The van der Waals surface area contributed by atoms with Crippen molar-refractivity contribution < 1.29 is 0 Å². The van der Waals surface area contributed by atoms with Gasteiger partial charge in [0, 0.05) is 23.3 Å². The summed E-state index contributed by atoms with van der Waals surface area (Å²) in [6.45, 7) is 10.2. The smallest absolute Gasteiger partial charge is 0.0408 e. The first kappa shape index (κ1) is 14.7. The summed E-state index contributed by atoms with van der Waals surface area (Å²) < 4.78 is 0. The van der Waals surface area contributed by atoms with Crippen LogP contribution < -0.4 is 4.90 Å². The van der Waals surface area contributed by atoms with E-state index in [1.54, 1.807) is 0 Å². The minimum atomic E-state index is 0.360. The van der Waals surface area contributed by atoms with Gasteiger partial charge in [-0.1, -0.05) is 45.4 Å². The summed E-state index contributed by atoms with van der Waals surface area (Å²) in [5.74, 6) is 0.847. The Morgan fingerprint density at radius 1 is 1.10 bits per heavy atom. The van der Waals surface area contributed by atoms with Crippen LogP contribution in [0.4, 0.5) is 5.69 Å². The normalized spacial score (nSPS) is 21.0. The first-order valence-corrected chi connectivity index (χ1v) is 8.77. The van der Waals surface area contributed by atoms with Crippen molar-refractivity contribution in [2.24, 2.45) is 5.41 Å². The number of nitrogens with zero attached hydrogens (tertiary/aromatic N) is 1. The summed E-state index contributed by atoms with van der Waals surface area (Å²) >= 11 is 0. The lowest BCUT2D eigenvalue weighted by Gasteiger charge is -2.32. The van der Waals surface area contributed by atoms with Gasteiger partial charge >= 0.3 is 0 Å². The summed E-state index contributed by atoms with van der Waals surface area (Å²) in [6.07, 6.45) is 9.13. The zero-order valence-electron chi connectivity index (χ0n) is 13.7. The molecule has 0 unspecified atom stereocenters. The van der Waals surface area contributed by atoms with E-state index in [0.29, 0.717) is 5.41 Å². The Labute approximate surface area is 130 Å². The maximum Gasteiger partial charge on any atom is 0.0408 e. The molecule has 0 amide bonds. The molecule has 1 saturated heterocycles. The van der Waals surface area contributed by atoms with Crippen LogP contribution in [0.25, 0.3) is 0 Å². The van der Waals surface area contributed by atoms with Gasteiger partial charge in [-0.15, -0.1) is 0 Å². The molecule has 3 rings (SSSR count). The van der Waals surface area contributed by atoms with Crippen molar-refractivity contribution in [1.82, 2.24) is 0 Å². The van der Waals surface area contributed by atoms with Gasteiger partial charge in [0.15, 0.2) is 0 Å². The molecule has 0 N–H and O–H groups in total. The highest BCUT2D eigenvalue weighted by atomic mass is 15.2. The number of rotatable bonds is 6. The van der Waals surface area contributed by atoms with Crippen LogP contribution in [0.15, 0.2) is 36.5 Å². The lowest BCUT2D eigenvalue weighted by Crippen LogP contribution is -2.23. The van der Waals surface area contributed by atoms with E-state index in [4.69, 9.17) is 0 Å². The quantitative estimate of drug-likeness (QED) is 0.630. The van der Waals surface area contributed by atoms with Crippen molar-refractivity contribution in [1.29, 1.82) is 0 Å². The molecular weight excluding hydrogens is 254 g/mol. The number of hydrogen-bond acceptors (Lipinski definition) is 1. The average Bonchev–Trinajstić information content (AvgIpc) is 3.28. The highest BCUT2D eigenvalue weighted by Crippen LogP contribution is 2.48. The molecule has 0 spiro atoms. The predicted molar refractivity (Wildman–Crippen MR) is 91.8 cm³/mol. The third-order valence-corrected chi connectivity index (χ3v) is 5.46. The maximum atomic E-state index is 4.50. The predicted octanol–water partition coefficient (Wildman–Crippen LogP) is 5.87. The molecule has 114 valence electrons. The van der Waals surface area contributed by atoms with E-state index in [-0.39, 0.29) is 0 Å². The van der Waals surface area contributed by atoms with Crippen LogP contribution in [0.1, 0.15) is 70.3 Å². The Kier molecular flexibility index (Phi) is 4.10. The number of hydrogen-bond donors (Lipinski definition) is 0. The highest BCUT2D eigenvalue weighted by Gasteiger charge is 2.40. The van der Waals surface area contributed by atoms with Gasteiger partial charge in [0.1, 0.15) is 0 Å². The molecule has 0 aromatic heterocycles. The Morgan fingerprint density at radius 2 is 1.71 bits per heavy atom. The maximum absolute atomic E-state index is 4.50. The van der Waals surface area contributed by atoms with E-state index < -0.39 is 0 Å². The molecule has 1 saturated carbocycles. The standard InChI is InChI=1S/C20H29N/c1-4-12-20(13-5-2)14-15-21(16(20)3)19-10-8-18(9-11-19)17-6-7-17/h8-11,17H,3-7,12-15H2,1-2H3. The van der Waals surface area contributed by atoms with E-state index >= 15 is 0 Å². The summed E-state index contributed by atoms with van der Waals surface area (Å²) in [6, 6.07) is 9.29. The molecular formula is C20H29N. The minimum absolute atomic E-state index is 0.360. The van der Waals surface area contributed by atoms with E-state index in [0.717, 1.165) is 12.5 Å². The van der Waals surface area contributed by atoms with Crippen LogP contribution >= 0.6 is 0 Å². The van der Waals surface area contributed by atoms with E-state index in [1.165, 1.54) is 61.9 Å². The first-order valence-electron chi connectivity index (χ1n) is 8.77. The van der Waals surface area contributed by atoms with Gasteiger partial charge in [0.05, 0.1) is 0 Å². The summed E-state index contributed by atoms with van der Waals surface area (Å²) in [5, 5.41) is 0. The summed E-state index contributed by atoms with van der Waals surface area (Å²) in [7, 11) is 0. The summed E-state index contributed by atoms with van der Waals surface area (Å²) in [4.78, 5) is 2.47. The van der Waals surface area contributed by atoms with Crippen LogP contribution in [0.5, 0.6) is 0 Å². The average molecular weight is 283 g/mol. The molecule has 1 aromatic rings. The van der Waals surface area contributed by atoms with Crippen LogP contribution in [-0.2, 0) is 0 Å². The van der Waals surface area contributed by atoms with Gasteiger partial charge in [-0.3, -0.25) is 0 Å². The Hall–Kier alpha value is -1.24. The molecule has 2 aliphatic rings. The van der Waals surface area contributed by atoms with Crippen molar-refractivity contribution in [3.05, 3.63) is 42.1 Å². The molecule has 21 heavy (non-hydrogen) atoms. The van der Waals surface area contributed by atoms with E-state index in [9.17, 15) is 0 Å². The number of anilines is 1. The second kappa shape index (κ2) is 5.87. The minimum Gasteiger partial charge on any atom is -0.345 e. The molecule has 1 aromatic carbocycles. The third kappa shape index (κ3) is 2.75. The van der Waals surface area contributed by atoms with Crippen LogP contribution in [-0.4, -0.2) is 6.54 Å². The molecule has 1 aliphatic carbocycles. The van der Waals surface area contributed by atoms with Crippen molar-refractivity contribution in [2.75, 3.05) is 11.4 Å². The van der Waals surface area contributed by atoms with Gasteiger partial charge in [0.25, 0.3) is 0 Å². The fourth-order valence-corrected chi connectivity index (χ4v) is 4.14. The van der Waals surface area contributed by atoms with Crippen LogP contribution in [0, 0.1) is 5.41 Å². The molecule has 0 radical (unpaired) electrons. The fourth-order valence-electron chi connectivity index (χ4n) is 4.14. The van der Waals surface area contributed by atoms with Crippen molar-refractivity contribution in [3.63, 3.8) is 0 Å². The first-order chi connectivity index (χ1) is 10.2. The molecule has 0 bridgehead atoms. The lowest BCUT2D eigenvalue weighted by atomic mass is 9.76. The highest BCUT2D eigenvalue weighted by molar-refractivity contribution is 5.56. The van der Waals surface area contributed by atoms with Crippen LogP contribution in [0.3, 0.4) is 0 Å². The molecule has 1 heterocycles. The lowest BCUT2D eigenvalue weighted by molar-refractivity contribution is 0.308. The molecule has 1 aliphatic heterocycles. The Balaban J connectivity index is 1.78. The second-order valence-electron chi connectivity index (χ2n) is 6.99. The molecule has 2 fully saturated rings. The van der Waals surface area contributed by atoms with Gasteiger partial charge in [-0.2, -0.15) is 0 Å². The van der Waals surface area contributed by atoms with E-state index in [1.807, 2.05) is 0 Å². The zero-order chi connectivity index (χ0) is 14.9. The van der Waals surface area contributed by atoms with Crippen molar-refractivity contribution in [3.8, 4) is 0 Å². The monoisotopic (exact) mass is 283 g/mol. The van der Waals surface area contributed by atoms with Gasteiger partial charge in [0.2, 0.25) is 0 Å². The Bertz CT molecular complexity index is 489. The van der Waals surface area contributed by atoms with Crippen LogP contribution in [0.2, 0.25) is 0 Å². The molecule has 1 heteroatoms. The van der Waals surface area contributed by atoms with Gasteiger partial charge < -0.3 is 4.90 Å². The molecule has 1 nitrogen and oxygen atoms in total.